The highest BCUT2D eigenvalue weighted by atomic mass is 16.5. The third-order valence-electron chi connectivity index (χ3n) is 3.73. The number of nitrogens with zero attached hydrogens (tertiary/aromatic N) is 2. The first-order valence-electron chi connectivity index (χ1n) is 7.07. The molecule has 20 heavy (non-hydrogen) atoms. The number of rotatable bonds is 6. The lowest BCUT2D eigenvalue weighted by Crippen LogP contribution is -2.29. The molecule has 0 aliphatic carbocycles. The third-order valence-corrected chi connectivity index (χ3v) is 3.73. The summed E-state index contributed by atoms with van der Waals surface area (Å²) in [6.45, 7) is 3.10. The number of hydrogen-bond acceptors (Lipinski definition) is 5. The quantitative estimate of drug-likeness (QED) is 0.809. The summed E-state index contributed by atoms with van der Waals surface area (Å²) < 4.78 is 5.65. The van der Waals surface area contributed by atoms with Crippen molar-refractivity contribution >= 4 is 5.69 Å². The van der Waals surface area contributed by atoms with Crippen molar-refractivity contribution < 1.29 is 14.9 Å². The van der Waals surface area contributed by atoms with Gasteiger partial charge in [-0.15, -0.1) is 0 Å². The largest absolute Gasteiger partial charge is 0.490 e. The van der Waals surface area contributed by atoms with Crippen molar-refractivity contribution in [1.29, 1.82) is 0 Å². The summed E-state index contributed by atoms with van der Waals surface area (Å²) >= 11 is 0. The van der Waals surface area contributed by atoms with Gasteiger partial charge in [-0.05, 0) is 31.2 Å². The van der Waals surface area contributed by atoms with Gasteiger partial charge < -0.3 is 24.7 Å². The zero-order chi connectivity index (χ0) is 14.5. The van der Waals surface area contributed by atoms with Gasteiger partial charge in [0.15, 0.2) is 0 Å². The van der Waals surface area contributed by atoms with Gasteiger partial charge in [0.1, 0.15) is 12.4 Å². The normalized spacial score (nSPS) is 15.9. The van der Waals surface area contributed by atoms with Crippen molar-refractivity contribution in [3.05, 3.63) is 23.8 Å². The van der Waals surface area contributed by atoms with Crippen molar-refractivity contribution in [3.8, 4) is 5.75 Å². The van der Waals surface area contributed by atoms with Gasteiger partial charge in [0.05, 0.1) is 24.9 Å². The molecule has 0 fully saturated rings. The standard InChI is InChI=1S/C15H24N2O3/c1-16(7-9-18)6-5-14(19)12-3-4-13-15(11-12)20-10-8-17(13)2/h3-4,11,14,18-19H,5-10H2,1-2H3. The van der Waals surface area contributed by atoms with Crippen LogP contribution in [0.3, 0.4) is 0 Å². The summed E-state index contributed by atoms with van der Waals surface area (Å²) in [6.07, 6.45) is 0.141. The zero-order valence-corrected chi connectivity index (χ0v) is 12.2. The fourth-order valence-electron chi connectivity index (χ4n) is 2.37. The maximum Gasteiger partial charge on any atom is 0.143 e. The highest BCUT2D eigenvalue weighted by Crippen LogP contribution is 2.33. The molecule has 1 aromatic rings. The minimum absolute atomic E-state index is 0.144. The first-order valence-corrected chi connectivity index (χ1v) is 7.07. The van der Waals surface area contributed by atoms with Gasteiger partial charge >= 0.3 is 0 Å². The summed E-state index contributed by atoms with van der Waals surface area (Å²) in [5.41, 5.74) is 1.96. The molecule has 0 radical (unpaired) electrons. The maximum atomic E-state index is 10.2. The lowest BCUT2D eigenvalue weighted by molar-refractivity contribution is 0.141. The average molecular weight is 280 g/mol. The number of aliphatic hydroxyl groups excluding tert-OH is 2. The van der Waals surface area contributed by atoms with Crippen LogP contribution in [0.15, 0.2) is 18.2 Å². The van der Waals surface area contributed by atoms with Gasteiger partial charge in [0.2, 0.25) is 0 Å². The fraction of sp³-hybridized carbons (Fsp3) is 0.600. The summed E-state index contributed by atoms with van der Waals surface area (Å²) in [5.74, 6) is 0.846. The van der Waals surface area contributed by atoms with Crippen molar-refractivity contribution in [2.24, 2.45) is 0 Å². The molecule has 112 valence electrons. The molecule has 0 spiro atoms. The topological polar surface area (TPSA) is 56.2 Å². The molecule has 1 aliphatic heterocycles. The minimum Gasteiger partial charge on any atom is -0.490 e. The van der Waals surface area contributed by atoms with Gasteiger partial charge in [-0.2, -0.15) is 0 Å². The Hall–Kier alpha value is -1.30. The predicted octanol–water partition coefficient (Wildman–Crippen LogP) is 0.863. The summed E-state index contributed by atoms with van der Waals surface area (Å²) in [6, 6.07) is 5.90. The zero-order valence-electron chi connectivity index (χ0n) is 12.2. The van der Waals surface area contributed by atoms with Crippen LogP contribution in [0.5, 0.6) is 5.75 Å². The molecule has 0 aromatic heterocycles. The van der Waals surface area contributed by atoms with Crippen LogP contribution >= 0.6 is 0 Å². The lowest BCUT2D eigenvalue weighted by Gasteiger charge is -2.28. The number of anilines is 1. The molecule has 0 bridgehead atoms. The number of hydrogen-bond donors (Lipinski definition) is 2. The Labute approximate surface area is 120 Å². The van der Waals surface area contributed by atoms with Crippen LogP contribution in [-0.2, 0) is 0 Å². The van der Waals surface area contributed by atoms with E-state index in [1.54, 1.807) is 0 Å². The molecule has 0 amide bonds. The molecule has 1 atom stereocenters. The minimum atomic E-state index is -0.503. The van der Waals surface area contributed by atoms with E-state index in [1.807, 2.05) is 37.2 Å². The Balaban J connectivity index is 1.98. The first kappa shape index (κ1) is 15.1. The van der Waals surface area contributed by atoms with Crippen LogP contribution in [0.4, 0.5) is 5.69 Å². The number of aliphatic hydroxyl groups is 2. The van der Waals surface area contributed by atoms with Gasteiger partial charge in [0, 0.05) is 20.1 Å². The summed E-state index contributed by atoms with van der Waals surface area (Å²) in [5, 5.41) is 19.1. The average Bonchev–Trinajstić information content (AvgIpc) is 2.45. The number of benzene rings is 1. The highest BCUT2D eigenvalue weighted by Gasteiger charge is 2.17. The smallest absolute Gasteiger partial charge is 0.143 e. The Morgan fingerprint density at radius 1 is 1.40 bits per heavy atom. The van der Waals surface area contributed by atoms with E-state index in [9.17, 15) is 5.11 Å². The predicted molar refractivity (Wildman–Crippen MR) is 79.4 cm³/mol. The van der Waals surface area contributed by atoms with E-state index in [4.69, 9.17) is 9.84 Å². The second-order valence-corrected chi connectivity index (χ2v) is 5.33. The van der Waals surface area contributed by atoms with E-state index < -0.39 is 6.10 Å². The van der Waals surface area contributed by atoms with E-state index in [2.05, 4.69) is 4.90 Å². The molecule has 0 saturated heterocycles. The summed E-state index contributed by atoms with van der Waals surface area (Å²) in [4.78, 5) is 4.16. The van der Waals surface area contributed by atoms with Crippen LogP contribution in [0.2, 0.25) is 0 Å². The molecule has 1 unspecified atom stereocenters. The molecule has 5 heteroatoms. The first-order chi connectivity index (χ1) is 9.61. The molecule has 1 heterocycles. The Morgan fingerprint density at radius 2 is 2.20 bits per heavy atom. The molecule has 2 rings (SSSR count). The van der Waals surface area contributed by atoms with E-state index >= 15 is 0 Å². The molecule has 1 aromatic carbocycles. The molecular weight excluding hydrogens is 256 g/mol. The van der Waals surface area contributed by atoms with Gasteiger partial charge in [-0.3, -0.25) is 0 Å². The van der Waals surface area contributed by atoms with Crippen molar-refractivity contribution in [2.45, 2.75) is 12.5 Å². The number of ether oxygens (including phenoxy) is 1. The van der Waals surface area contributed by atoms with Crippen LogP contribution in [0.25, 0.3) is 0 Å². The number of likely N-dealkylation sites (N-methyl/N-ethyl adjacent to an activating group) is 2. The molecule has 0 saturated carbocycles. The van der Waals surface area contributed by atoms with Crippen LogP contribution in [0, 0.1) is 0 Å². The van der Waals surface area contributed by atoms with Gasteiger partial charge in [0.25, 0.3) is 0 Å². The molecular formula is C15H24N2O3. The Morgan fingerprint density at radius 3 is 2.95 bits per heavy atom. The Kier molecular flexibility index (Phi) is 5.23. The second kappa shape index (κ2) is 6.92. The van der Waals surface area contributed by atoms with E-state index in [1.165, 1.54) is 0 Å². The number of fused-ring (bicyclic) bond motifs is 1. The van der Waals surface area contributed by atoms with Crippen molar-refractivity contribution in [1.82, 2.24) is 4.90 Å². The molecule has 1 aliphatic rings. The van der Waals surface area contributed by atoms with Crippen molar-refractivity contribution in [2.75, 3.05) is 51.8 Å². The molecule has 5 nitrogen and oxygen atoms in total. The second-order valence-electron chi connectivity index (χ2n) is 5.33. The van der Waals surface area contributed by atoms with E-state index in [-0.39, 0.29) is 6.61 Å². The third kappa shape index (κ3) is 3.62. The Bertz CT molecular complexity index is 439. The molecule has 2 N–H and O–H groups in total. The van der Waals surface area contributed by atoms with E-state index in [0.29, 0.717) is 19.6 Å². The maximum absolute atomic E-state index is 10.2. The van der Waals surface area contributed by atoms with Crippen LogP contribution in [0.1, 0.15) is 18.1 Å². The monoisotopic (exact) mass is 280 g/mol. The van der Waals surface area contributed by atoms with Gasteiger partial charge in [-0.25, -0.2) is 0 Å². The lowest BCUT2D eigenvalue weighted by atomic mass is 10.0. The van der Waals surface area contributed by atoms with Crippen LogP contribution < -0.4 is 9.64 Å². The van der Waals surface area contributed by atoms with Crippen molar-refractivity contribution in [3.63, 3.8) is 0 Å². The highest BCUT2D eigenvalue weighted by molar-refractivity contribution is 5.60. The van der Waals surface area contributed by atoms with E-state index in [0.717, 1.165) is 30.1 Å². The van der Waals surface area contributed by atoms with Crippen LogP contribution in [-0.4, -0.2) is 62.1 Å². The summed E-state index contributed by atoms with van der Waals surface area (Å²) in [7, 11) is 3.98. The SMILES string of the molecule is CN(CCO)CCC(O)c1ccc2c(c1)OCCN2C. The van der Waals surface area contributed by atoms with Gasteiger partial charge in [-0.1, -0.05) is 6.07 Å². The fourth-order valence-corrected chi connectivity index (χ4v) is 2.37.